The van der Waals surface area contributed by atoms with Crippen LogP contribution in [0.2, 0.25) is 0 Å². The van der Waals surface area contributed by atoms with Crippen molar-refractivity contribution in [3.05, 3.63) is 15.6 Å². The summed E-state index contributed by atoms with van der Waals surface area (Å²) < 4.78 is 22.8. The summed E-state index contributed by atoms with van der Waals surface area (Å²) in [6.07, 6.45) is 0. The van der Waals surface area contributed by atoms with Crippen molar-refractivity contribution in [3.8, 4) is 0 Å². The SMILES string of the molecule is Cc1nc(CS(=O)(=O)CCN)sc1C. The highest BCUT2D eigenvalue weighted by Gasteiger charge is 2.14. The highest BCUT2D eigenvalue weighted by molar-refractivity contribution is 7.90. The fourth-order valence-corrected chi connectivity index (χ4v) is 3.49. The van der Waals surface area contributed by atoms with Crippen molar-refractivity contribution >= 4 is 21.2 Å². The lowest BCUT2D eigenvalue weighted by molar-refractivity contribution is 0.595. The summed E-state index contributed by atoms with van der Waals surface area (Å²) in [6.45, 7) is 3.99. The average Bonchev–Trinajstić information content (AvgIpc) is 2.29. The average molecular weight is 234 g/mol. The van der Waals surface area contributed by atoms with Crippen molar-refractivity contribution in [2.45, 2.75) is 19.6 Å². The van der Waals surface area contributed by atoms with Crippen molar-refractivity contribution in [3.63, 3.8) is 0 Å². The summed E-state index contributed by atoms with van der Waals surface area (Å²) in [5, 5.41) is 0.661. The van der Waals surface area contributed by atoms with Crippen LogP contribution in [0.1, 0.15) is 15.6 Å². The lowest BCUT2D eigenvalue weighted by atomic mass is 10.4. The Morgan fingerprint density at radius 2 is 2.07 bits per heavy atom. The monoisotopic (exact) mass is 234 g/mol. The first-order chi connectivity index (χ1) is 6.44. The van der Waals surface area contributed by atoms with E-state index < -0.39 is 9.84 Å². The Bertz CT molecular complexity index is 389. The van der Waals surface area contributed by atoms with Gasteiger partial charge in [-0.2, -0.15) is 0 Å². The van der Waals surface area contributed by atoms with Gasteiger partial charge in [-0.3, -0.25) is 0 Å². The molecule has 1 rings (SSSR count). The van der Waals surface area contributed by atoms with E-state index in [9.17, 15) is 8.42 Å². The van der Waals surface area contributed by atoms with E-state index in [0.717, 1.165) is 10.6 Å². The zero-order chi connectivity index (χ0) is 10.8. The minimum Gasteiger partial charge on any atom is -0.329 e. The van der Waals surface area contributed by atoms with Gasteiger partial charge >= 0.3 is 0 Å². The van der Waals surface area contributed by atoms with Crippen molar-refractivity contribution < 1.29 is 8.42 Å². The van der Waals surface area contributed by atoms with Gasteiger partial charge in [-0.1, -0.05) is 0 Å². The van der Waals surface area contributed by atoms with E-state index in [1.54, 1.807) is 0 Å². The van der Waals surface area contributed by atoms with E-state index >= 15 is 0 Å². The molecule has 0 bridgehead atoms. The molecule has 0 aliphatic heterocycles. The standard InChI is InChI=1S/C8H14N2O2S2/c1-6-7(2)13-8(10-6)5-14(11,12)4-3-9/h3-5,9H2,1-2H3. The molecule has 14 heavy (non-hydrogen) atoms. The Labute approximate surface area is 88.1 Å². The first kappa shape index (κ1) is 11.6. The summed E-state index contributed by atoms with van der Waals surface area (Å²) in [7, 11) is -3.07. The van der Waals surface area contributed by atoms with Gasteiger partial charge in [0.2, 0.25) is 0 Å². The molecule has 1 aromatic rings. The van der Waals surface area contributed by atoms with Crippen molar-refractivity contribution in [2.24, 2.45) is 5.73 Å². The Kier molecular flexibility index (Phi) is 3.63. The molecular weight excluding hydrogens is 220 g/mol. The topological polar surface area (TPSA) is 73.0 Å². The first-order valence-electron chi connectivity index (χ1n) is 4.28. The lowest BCUT2D eigenvalue weighted by Gasteiger charge is -1.98. The summed E-state index contributed by atoms with van der Waals surface area (Å²) in [5.41, 5.74) is 6.12. The predicted octanol–water partition coefficient (Wildman–Crippen LogP) is 0.633. The number of hydrogen-bond donors (Lipinski definition) is 1. The van der Waals surface area contributed by atoms with Gasteiger partial charge in [0, 0.05) is 11.4 Å². The number of thiazole rings is 1. The maximum atomic E-state index is 11.4. The number of rotatable bonds is 4. The smallest absolute Gasteiger partial charge is 0.158 e. The Balaban J connectivity index is 2.79. The van der Waals surface area contributed by atoms with Crippen LogP contribution in [0.15, 0.2) is 0 Å². The van der Waals surface area contributed by atoms with Crippen LogP contribution < -0.4 is 5.73 Å². The molecule has 0 radical (unpaired) electrons. The minimum absolute atomic E-state index is 0.0174. The number of nitrogens with two attached hydrogens (primary N) is 1. The lowest BCUT2D eigenvalue weighted by Crippen LogP contribution is -2.17. The fourth-order valence-electron chi connectivity index (χ4n) is 1.04. The Morgan fingerprint density at radius 3 is 2.50 bits per heavy atom. The Hall–Kier alpha value is -0.460. The predicted molar refractivity (Wildman–Crippen MR) is 58.1 cm³/mol. The largest absolute Gasteiger partial charge is 0.329 e. The van der Waals surface area contributed by atoms with Gasteiger partial charge in [-0.25, -0.2) is 13.4 Å². The van der Waals surface area contributed by atoms with Gasteiger partial charge in [0.25, 0.3) is 0 Å². The van der Waals surface area contributed by atoms with Crippen LogP contribution in [0.4, 0.5) is 0 Å². The number of hydrogen-bond acceptors (Lipinski definition) is 5. The van der Waals surface area contributed by atoms with Gasteiger partial charge in [0.15, 0.2) is 9.84 Å². The molecular formula is C8H14N2O2S2. The van der Waals surface area contributed by atoms with Crippen LogP contribution in [0.3, 0.4) is 0 Å². The summed E-state index contributed by atoms with van der Waals surface area (Å²) in [4.78, 5) is 5.25. The maximum absolute atomic E-state index is 11.4. The van der Waals surface area contributed by atoms with E-state index in [2.05, 4.69) is 4.98 Å². The van der Waals surface area contributed by atoms with Gasteiger partial charge in [-0.05, 0) is 13.8 Å². The van der Waals surface area contributed by atoms with Crippen LogP contribution >= 0.6 is 11.3 Å². The van der Waals surface area contributed by atoms with Gasteiger partial charge < -0.3 is 5.73 Å². The second-order valence-corrected chi connectivity index (χ2v) is 6.60. The summed E-state index contributed by atoms with van der Waals surface area (Å²) in [5.74, 6) is 0.0498. The zero-order valence-electron chi connectivity index (χ0n) is 8.28. The number of nitrogens with zero attached hydrogens (tertiary/aromatic N) is 1. The van der Waals surface area contributed by atoms with E-state index in [1.807, 2.05) is 13.8 Å². The van der Waals surface area contributed by atoms with Gasteiger partial charge in [0.05, 0.1) is 11.4 Å². The molecule has 0 atom stereocenters. The first-order valence-corrected chi connectivity index (χ1v) is 6.92. The molecule has 0 spiro atoms. The van der Waals surface area contributed by atoms with Crippen molar-refractivity contribution in [1.82, 2.24) is 4.98 Å². The van der Waals surface area contributed by atoms with Gasteiger partial charge in [0.1, 0.15) is 10.8 Å². The fraction of sp³-hybridized carbons (Fsp3) is 0.625. The molecule has 1 heterocycles. The normalized spacial score (nSPS) is 11.9. The highest BCUT2D eigenvalue weighted by Crippen LogP contribution is 2.18. The van der Waals surface area contributed by atoms with Crippen LogP contribution in [-0.4, -0.2) is 25.7 Å². The number of aromatic nitrogens is 1. The molecule has 0 unspecified atom stereocenters. The maximum Gasteiger partial charge on any atom is 0.158 e. The van der Waals surface area contributed by atoms with Crippen LogP contribution in [0.5, 0.6) is 0 Å². The minimum atomic E-state index is -3.07. The van der Waals surface area contributed by atoms with Crippen LogP contribution in [-0.2, 0) is 15.6 Å². The molecule has 2 N–H and O–H groups in total. The third kappa shape index (κ3) is 3.04. The molecule has 0 aliphatic carbocycles. The van der Waals surface area contributed by atoms with E-state index in [-0.39, 0.29) is 18.1 Å². The Morgan fingerprint density at radius 1 is 1.43 bits per heavy atom. The molecule has 4 nitrogen and oxygen atoms in total. The highest BCUT2D eigenvalue weighted by atomic mass is 32.2. The molecule has 0 saturated heterocycles. The molecule has 1 aromatic heterocycles. The summed E-state index contributed by atoms with van der Waals surface area (Å²) >= 11 is 1.44. The molecule has 6 heteroatoms. The number of sulfone groups is 1. The van der Waals surface area contributed by atoms with Crippen molar-refractivity contribution in [2.75, 3.05) is 12.3 Å². The molecule has 0 amide bonds. The molecule has 0 saturated carbocycles. The molecule has 0 fully saturated rings. The quantitative estimate of drug-likeness (QED) is 0.829. The van der Waals surface area contributed by atoms with E-state index in [0.29, 0.717) is 5.01 Å². The van der Waals surface area contributed by atoms with Gasteiger partial charge in [-0.15, -0.1) is 11.3 Å². The van der Waals surface area contributed by atoms with Crippen LogP contribution in [0.25, 0.3) is 0 Å². The third-order valence-corrected chi connectivity index (χ3v) is 4.67. The van der Waals surface area contributed by atoms with E-state index in [4.69, 9.17) is 5.73 Å². The molecule has 80 valence electrons. The van der Waals surface area contributed by atoms with Crippen molar-refractivity contribution in [1.29, 1.82) is 0 Å². The van der Waals surface area contributed by atoms with E-state index in [1.165, 1.54) is 11.3 Å². The number of aryl methyl sites for hydroxylation is 2. The zero-order valence-corrected chi connectivity index (χ0v) is 9.91. The molecule has 0 aromatic carbocycles. The third-order valence-electron chi connectivity index (χ3n) is 1.85. The van der Waals surface area contributed by atoms with Crippen LogP contribution in [0, 0.1) is 13.8 Å². The second-order valence-electron chi connectivity index (χ2n) is 3.13. The summed E-state index contributed by atoms with van der Waals surface area (Å²) in [6, 6.07) is 0. The molecule has 0 aliphatic rings. The second kappa shape index (κ2) is 4.37.